The Hall–Kier alpha value is -1.54. The van der Waals surface area contributed by atoms with Crippen LogP contribution in [0.5, 0.6) is 0 Å². The Labute approximate surface area is 122 Å². The molecule has 116 valence electrons. The van der Waals surface area contributed by atoms with Gasteiger partial charge in [-0.15, -0.1) is 0 Å². The first kappa shape index (κ1) is 15.8. The molecule has 0 aromatic heterocycles. The molecule has 0 radical (unpaired) electrons. The second kappa shape index (κ2) is 6.07. The largest absolute Gasteiger partial charge is 0.341 e. The summed E-state index contributed by atoms with van der Waals surface area (Å²) in [4.78, 5) is 12.8. The zero-order valence-electron chi connectivity index (χ0n) is 11.5. The van der Waals surface area contributed by atoms with Crippen molar-refractivity contribution in [2.75, 3.05) is 13.1 Å². The first-order valence-corrected chi connectivity index (χ1v) is 8.06. The van der Waals surface area contributed by atoms with E-state index in [1.807, 2.05) is 0 Å². The highest BCUT2D eigenvalue weighted by atomic mass is 32.2. The molecule has 0 aliphatic carbocycles. The van der Waals surface area contributed by atoms with Gasteiger partial charge in [-0.3, -0.25) is 4.79 Å². The van der Waals surface area contributed by atoms with Crippen molar-refractivity contribution in [3.05, 3.63) is 29.8 Å². The van der Waals surface area contributed by atoms with Gasteiger partial charge in [-0.05, 0) is 38.0 Å². The van der Waals surface area contributed by atoms with Crippen molar-refractivity contribution in [2.24, 2.45) is 0 Å². The van der Waals surface area contributed by atoms with Crippen molar-refractivity contribution in [3.8, 4) is 0 Å². The fourth-order valence-corrected chi connectivity index (χ4v) is 3.53. The third-order valence-corrected chi connectivity index (χ3v) is 4.86. The van der Waals surface area contributed by atoms with E-state index in [1.54, 1.807) is 4.90 Å². The van der Waals surface area contributed by atoms with E-state index in [4.69, 9.17) is 0 Å². The highest BCUT2D eigenvalue weighted by molar-refractivity contribution is 7.89. The molecule has 1 aliphatic rings. The summed E-state index contributed by atoms with van der Waals surface area (Å²) in [5, 5.41) is 0. The molecule has 0 unspecified atom stereocenters. The normalized spacial score (nSPS) is 17.0. The Morgan fingerprint density at radius 3 is 2.52 bits per heavy atom. The van der Waals surface area contributed by atoms with Crippen LogP contribution in [0, 0.1) is 11.6 Å². The Morgan fingerprint density at radius 1 is 1.29 bits per heavy atom. The minimum Gasteiger partial charge on any atom is -0.341 e. The quantitative estimate of drug-likeness (QED) is 0.909. The molecular formula is C13H16F2N2O3S. The van der Waals surface area contributed by atoms with Crippen LogP contribution in [-0.4, -0.2) is 38.4 Å². The summed E-state index contributed by atoms with van der Waals surface area (Å²) < 4.78 is 52.8. The molecule has 1 fully saturated rings. The van der Waals surface area contributed by atoms with Crippen molar-refractivity contribution in [2.45, 2.75) is 30.7 Å². The maximum atomic E-state index is 13.5. The number of hydrogen-bond acceptors (Lipinski definition) is 3. The number of halogens is 2. The van der Waals surface area contributed by atoms with E-state index in [0.29, 0.717) is 19.2 Å². The summed E-state index contributed by atoms with van der Waals surface area (Å²) in [5.41, 5.74) is 0. The monoisotopic (exact) mass is 318 g/mol. The molecule has 1 aliphatic heterocycles. The second-order valence-electron chi connectivity index (χ2n) is 4.95. The van der Waals surface area contributed by atoms with Gasteiger partial charge in [0.25, 0.3) is 0 Å². The van der Waals surface area contributed by atoms with Crippen molar-refractivity contribution >= 4 is 15.9 Å². The molecule has 5 nitrogen and oxygen atoms in total. The number of benzene rings is 1. The van der Waals surface area contributed by atoms with Crippen molar-refractivity contribution in [3.63, 3.8) is 0 Å². The molecule has 1 atom stereocenters. The molecule has 0 bridgehead atoms. The van der Waals surface area contributed by atoms with Gasteiger partial charge in [-0.2, -0.15) is 4.72 Å². The fraction of sp³-hybridized carbons (Fsp3) is 0.462. The lowest BCUT2D eigenvalue weighted by molar-refractivity contribution is -0.131. The van der Waals surface area contributed by atoms with Crippen LogP contribution in [0.2, 0.25) is 0 Å². The smallest absolute Gasteiger partial charge is 0.244 e. The van der Waals surface area contributed by atoms with E-state index in [2.05, 4.69) is 4.72 Å². The van der Waals surface area contributed by atoms with Crippen LogP contribution >= 0.6 is 0 Å². The minimum atomic E-state index is -4.30. The molecule has 1 heterocycles. The lowest BCUT2D eigenvalue weighted by Gasteiger charge is -2.21. The molecule has 0 saturated carbocycles. The van der Waals surface area contributed by atoms with E-state index in [-0.39, 0.29) is 5.91 Å². The summed E-state index contributed by atoms with van der Waals surface area (Å²) >= 11 is 0. The Bertz CT molecular complexity index is 643. The molecule has 0 spiro atoms. The molecule has 1 N–H and O–H groups in total. The van der Waals surface area contributed by atoms with Crippen LogP contribution in [0.3, 0.4) is 0 Å². The maximum Gasteiger partial charge on any atom is 0.244 e. The van der Waals surface area contributed by atoms with Crippen molar-refractivity contribution < 1.29 is 22.0 Å². The second-order valence-corrected chi connectivity index (χ2v) is 6.63. The maximum absolute atomic E-state index is 13.5. The van der Waals surface area contributed by atoms with Crippen LogP contribution in [0.25, 0.3) is 0 Å². The molecule has 1 aromatic carbocycles. The first-order chi connectivity index (χ1) is 9.81. The van der Waals surface area contributed by atoms with Crippen molar-refractivity contribution in [1.82, 2.24) is 9.62 Å². The number of nitrogens with zero attached hydrogens (tertiary/aromatic N) is 1. The number of sulfonamides is 1. The van der Waals surface area contributed by atoms with Gasteiger partial charge in [-0.25, -0.2) is 17.2 Å². The highest BCUT2D eigenvalue weighted by Gasteiger charge is 2.28. The lowest BCUT2D eigenvalue weighted by atomic mass is 10.3. The van der Waals surface area contributed by atoms with Crippen LogP contribution < -0.4 is 4.72 Å². The Kier molecular flexibility index (Phi) is 4.58. The third-order valence-electron chi connectivity index (χ3n) is 3.30. The summed E-state index contributed by atoms with van der Waals surface area (Å²) in [5.74, 6) is -2.30. The number of hydrogen-bond donors (Lipinski definition) is 1. The molecule has 1 saturated heterocycles. The van der Waals surface area contributed by atoms with Gasteiger partial charge in [0.05, 0.1) is 6.04 Å². The van der Waals surface area contributed by atoms with Crippen LogP contribution in [0.15, 0.2) is 23.1 Å². The van der Waals surface area contributed by atoms with Crippen LogP contribution in [0.4, 0.5) is 8.78 Å². The number of nitrogens with one attached hydrogen (secondary N) is 1. The Morgan fingerprint density at radius 2 is 1.90 bits per heavy atom. The number of carbonyl (C=O) groups is 1. The number of carbonyl (C=O) groups excluding carboxylic acids is 1. The van der Waals surface area contributed by atoms with Gasteiger partial charge >= 0.3 is 0 Å². The van der Waals surface area contributed by atoms with Gasteiger partial charge < -0.3 is 4.90 Å². The number of rotatable bonds is 4. The van der Waals surface area contributed by atoms with E-state index < -0.39 is 32.6 Å². The number of amides is 1. The van der Waals surface area contributed by atoms with E-state index in [9.17, 15) is 22.0 Å². The van der Waals surface area contributed by atoms with E-state index >= 15 is 0 Å². The SMILES string of the molecule is C[C@H](NS(=O)(=O)c1cc(F)ccc1F)C(=O)N1CCCC1. The molecule has 8 heteroatoms. The van der Waals surface area contributed by atoms with Gasteiger partial charge in [-0.1, -0.05) is 0 Å². The third kappa shape index (κ3) is 3.56. The lowest BCUT2D eigenvalue weighted by Crippen LogP contribution is -2.46. The van der Waals surface area contributed by atoms with Gasteiger partial charge in [0.2, 0.25) is 15.9 Å². The van der Waals surface area contributed by atoms with Gasteiger partial charge in [0.15, 0.2) is 0 Å². The fourth-order valence-electron chi connectivity index (χ4n) is 2.24. The minimum absolute atomic E-state index is 0.368. The summed E-state index contributed by atoms with van der Waals surface area (Å²) in [6.07, 6.45) is 1.76. The average molecular weight is 318 g/mol. The molecular weight excluding hydrogens is 302 g/mol. The number of likely N-dealkylation sites (tertiary alicyclic amines) is 1. The zero-order chi connectivity index (χ0) is 15.6. The predicted molar refractivity (Wildman–Crippen MR) is 72.0 cm³/mol. The van der Waals surface area contributed by atoms with Crippen LogP contribution in [0.1, 0.15) is 19.8 Å². The van der Waals surface area contributed by atoms with Gasteiger partial charge in [0.1, 0.15) is 16.5 Å². The van der Waals surface area contributed by atoms with Crippen molar-refractivity contribution in [1.29, 1.82) is 0 Å². The molecule has 1 amide bonds. The average Bonchev–Trinajstić information content (AvgIpc) is 2.94. The Balaban J connectivity index is 2.16. The summed E-state index contributed by atoms with van der Waals surface area (Å²) in [6, 6.07) is 1.12. The predicted octanol–water partition coefficient (Wildman–Crippen LogP) is 1.25. The van der Waals surface area contributed by atoms with Gasteiger partial charge in [0, 0.05) is 13.1 Å². The topological polar surface area (TPSA) is 66.5 Å². The molecule has 2 rings (SSSR count). The summed E-state index contributed by atoms with van der Waals surface area (Å²) in [6.45, 7) is 2.55. The zero-order valence-corrected chi connectivity index (χ0v) is 12.3. The van der Waals surface area contributed by atoms with E-state index in [1.165, 1.54) is 6.92 Å². The first-order valence-electron chi connectivity index (χ1n) is 6.57. The summed E-state index contributed by atoms with van der Waals surface area (Å²) in [7, 11) is -4.30. The molecule has 21 heavy (non-hydrogen) atoms. The molecule has 1 aromatic rings. The highest BCUT2D eigenvalue weighted by Crippen LogP contribution is 2.17. The van der Waals surface area contributed by atoms with E-state index in [0.717, 1.165) is 25.0 Å². The van der Waals surface area contributed by atoms with Crippen LogP contribution in [-0.2, 0) is 14.8 Å². The standard InChI is InChI=1S/C13H16F2N2O3S/c1-9(13(18)17-6-2-3-7-17)16-21(19,20)12-8-10(14)4-5-11(12)15/h4-5,8-9,16H,2-3,6-7H2,1H3/t9-/m0/s1.